The fourth-order valence-corrected chi connectivity index (χ4v) is 5.01. The highest BCUT2D eigenvalue weighted by Gasteiger charge is 2.35. The van der Waals surface area contributed by atoms with Gasteiger partial charge in [-0.1, -0.05) is 29.3 Å². The van der Waals surface area contributed by atoms with E-state index < -0.39 is 23.7 Å². The van der Waals surface area contributed by atoms with Crippen molar-refractivity contribution >= 4 is 62.3 Å². The summed E-state index contributed by atoms with van der Waals surface area (Å²) < 4.78 is 57.2. The molecule has 0 atom stereocenters. The minimum absolute atomic E-state index is 0.0386. The van der Waals surface area contributed by atoms with Crippen LogP contribution in [-0.2, 0) is 12.8 Å². The van der Waals surface area contributed by atoms with Crippen molar-refractivity contribution in [3.8, 4) is 17.1 Å². The molecule has 4 heterocycles. The highest BCUT2D eigenvalue weighted by molar-refractivity contribution is 7.21. The molecule has 2 amide bonds. The molecule has 0 spiro atoms. The van der Waals surface area contributed by atoms with E-state index in [9.17, 15) is 22.8 Å². The molecule has 8 nitrogen and oxygen atoms in total. The maximum Gasteiger partial charge on any atom is 0.433 e. The lowest BCUT2D eigenvalue weighted by atomic mass is 10.1. The normalized spacial score (nSPS) is 11.6. The molecule has 14 heteroatoms. The lowest BCUT2D eigenvalue weighted by molar-refractivity contribution is -0.140. The Balaban J connectivity index is 1.49. The number of thiophene rings is 1. The first-order valence-corrected chi connectivity index (χ1v) is 12.5. The van der Waals surface area contributed by atoms with Crippen molar-refractivity contribution in [3.05, 3.63) is 86.9 Å². The number of halogens is 5. The van der Waals surface area contributed by atoms with Gasteiger partial charge in [0.2, 0.25) is 0 Å². The number of furan rings is 2. The molecule has 0 unspecified atom stereocenters. The number of aromatic nitrogens is 1. The predicted octanol–water partition coefficient (Wildman–Crippen LogP) is 7.41. The summed E-state index contributed by atoms with van der Waals surface area (Å²) in [6.45, 7) is -0.0892. The van der Waals surface area contributed by atoms with Crippen molar-refractivity contribution in [1.29, 1.82) is 0 Å². The second-order valence-corrected chi connectivity index (χ2v) is 9.73. The SMILES string of the molecule is NC(=O)c1sc2nc(C(F)(F)F)cc(-c3ccco3)c2c1NC(=O)c1ccc(COc2cccc(Cl)c2Cl)o1. The van der Waals surface area contributed by atoms with E-state index in [0.717, 1.165) is 6.07 Å². The average molecular weight is 596 g/mol. The van der Waals surface area contributed by atoms with Gasteiger partial charge in [0.1, 0.15) is 44.3 Å². The molecule has 0 aliphatic carbocycles. The predicted molar refractivity (Wildman–Crippen MR) is 138 cm³/mol. The highest BCUT2D eigenvalue weighted by Crippen LogP contribution is 2.44. The van der Waals surface area contributed by atoms with E-state index in [4.69, 9.17) is 42.5 Å². The Morgan fingerprint density at radius 3 is 2.62 bits per heavy atom. The fourth-order valence-electron chi connectivity index (χ4n) is 3.66. The molecule has 3 N–H and O–H groups in total. The number of carbonyl (C=O) groups excluding carboxylic acids is 2. The molecule has 5 aromatic rings. The van der Waals surface area contributed by atoms with Gasteiger partial charge in [0.05, 0.1) is 17.0 Å². The van der Waals surface area contributed by atoms with E-state index in [-0.39, 0.29) is 55.3 Å². The summed E-state index contributed by atoms with van der Waals surface area (Å²) in [5.41, 5.74) is 4.13. The minimum Gasteiger partial charge on any atom is -0.484 e. The third-order valence-corrected chi connectivity index (χ3v) is 7.27. The van der Waals surface area contributed by atoms with Crippen LogP contribution in [0.1, 0.15) is 31.7 Å². The molecule has 0 saturated heterocycles. The highest BCUT2D eigenvalue weighted by atomic mass is 35.5. The van der Waals surface area contributed by atoms with Crippen LogP contribution >= 0.6 is 34.5 Å². The third kappa shape index (κ3) is 5.31. The molecule has 0 saturated carbocycles. The molecule has 1 aromatic carbocycles. The van der Waals surface area contributed by atoms with Crippen molar-refractivity contribution in [2.24, 2.45) is 5.73 Å². The van der Waals surface area contributed by atoms with E-state index in [2.05, 4.69) is 10.3 Å². The van der Waals surface area contributed by atoms with Crippen LogP contribution in [0.15, 0.2) is 63.6 Å². The van der Waals surface area contributed by atoms with Crippen LogP contribution in [0.25, 0.3) is 21.5 Å². The fraction of sp³-hybridized carbons (Fsp3) is 0.0800. The van der Waals surface area contributed by atoms with Crippen molar-refractivity contribution in [2.75, 3.05) is 5.32 Å². The number of carbonyl (C=O) groups is 2. The molecule has 0 fully saturated rings. The Bertz CT molecular complexity index is 1710. The van der Waals surface area contributed by atoms with Gasteiger partial charge in [-0.2, -0.15) is 13.2 Å². The summed E-state index contributed by atoms with van der Waals surface area (Å²) in [7, 11) is 0. The number of nitrogens with zero attached hydrogens (tertiary/aromatic N) is 1. The summed E-state index contributed by atoms with van der Waals surface area (Å²) in [5.74, 6) is -1.31. The van der Waals surface area contributed by atoms with Crippen LogP contribution < -0.4 is 15.8 Å². The molecule has 4 aromatic heterocycles. The number of alkyl halides is 3. The van der Waals surface area contributed by atoms with E-state index in [1.807, 2.05) is 0 Å². The summed E-state index contributed by atoms with van der Waals surface area (Å²) in [6, 6.07) is 11.4. The maximum atomic E-state index is 13.6. The molecule has 0 aliphatic heterocycles. The number of amides is 2. The number of primary amides is 1. The first-order valence-electron chi connectivity index (χ1n) is 10.9. The number of pyridine rings is 1. The molecule has 200 valence electrons. The summed E-state index contributed by atoms with van der Waals surface area (Å²) in [4.78, 5) is 28.6. The van der Waals surface area contributed by atoms with Gasteiger partial charge in [0.25, 0.3) is 11.8 Å². The summed E-state index contributed by atoms with van der Waals surface area (Å²) in [5, 5.41) is 3.09. The maximum absolute atomic E-state index is 13.6. The molecular weight excluding hydrogens is 582 g/mol. The Morgan fingerprint density at radius 1 is 1.13 bits per heavy atom. The van der Waals surface area contributed by atoms with Crippen LogP contribution in [0.4, 0.5) is 18.9 Å². The molecule has 0 radical (unpaired) electrons. The zero-order valence-corrected chi connectivity index (χ0v) is 21.6. The van der Waals surface area contributed by atoms with Crippen molar-refractivity contribution < 1.29 is 36.3 Å². The zero-order valence-electron chi connectivity index (χ0n) is 19.3. The molecule has 39 heavy (non-hydrogen) atoms. The number of nitrogens with one attached hydrogen (secondary N) is 1. The van der Waals surface area contributed by atoms with Crippen LogP contribution in [-0.4, -0.2) is 16.8 Å². The van der Waals surface area contributed by atoms with Crippen LogP contribution in [0.3, 0.4) is 0 Å². The number of rotatable bonds is 7. The number of anilines is 1. The number of nitrogens with two attached hydrogens (primary N) is 1. The monoisotopic (exact) mass is 595 g/mol. The standard InChI is InChI=1S/C25H14Cl2F3N3O5S/c26-13-3-1-4-15(19(13)27)37-10-11-6-7-16(38-11)23(35)33-20-18-12(14-5-2-8-36-14)9-17(25(28,29)30)32-24(18)39-21(20)22(31)34/h1-9H,10H2,(H2,31,34)(H,33,35). The quantitative estimate of drug-likeness (QED) is 0.202. The van der Waals surface area contributed by atoms with Gasteiger partial charge in [-0.25, -0.2) is 4.98 Å². The smallest absolute Gasteiger partial charge is 0.433 e. The third-order valence-electron chi connectivity index (χ3n) is 5.37. The van der Waals surface area contributed by atoms with E-state index in [1.165, 1.54) is 30.5 Å². The number of benzene rings is 1. The number of ether oxygens (including phenoxy) is 1. The van der Waals surface area contributed by atoms with Crippen LogP contribution in [0.2, 0.25) is 10.0 Å². The van der Waals surface area contributed by atoms with Crippen LogP contribution in [0, 0.1) is 0 Å². The Hall–Kier alpha value is -4.00. The minimum atomic E-state index is -4.78. The zero-order chi connectivity index (χ0) is 27.9. The Kier molecular flexibility index (Phi) is 7.02. The molecule has 5 rings (SSSR count). The number of hydrogen-bond donors (Lipinski definition) is 2. The summed E-state index contributed by atoms with van der Waals surface area (Å²) >= 11 is 12.7. The van der Waals surface area contributed by atoms with E-state index >= 15 is 0 Å². The van der Waals surface area contributed by atoms with Gasteiger partial charge < -0.3 is 24.6 Å². The van der Waals surface area contributed by atoms with Gasteiger partial charge in [0.15, 0.2) is 5.76 Å². The van der Waals surface area contributed by atoms with Gasteiger partial charge >= 0.3 is 6.18 Å². The van der Waals surface area contributed by atoms with Gasteiger partial charge in [-0.3, -0.25) is 9.59 Å². The van der Waals surface area contributed by atoms with E-state index in [1.54, 1.807) is 18.2 Å². The first kappa shape index (κ1) is 26.6. The number of fused-ring (bicyclic) bond motifs is 1. The molecule has 0 aliphatic rings. The summed E-state index contributed by atoms with van der Waals surface area (Å²) in [6.07, 6.45) is -3.50. The topological polar surface area (TPSA) is 121 Å². The van der Waals surface area contributed by atoms with Crippen molar-refractivity contribution in [2.45, 2.75) is 12.8 Å². The largest absolute Gasteiger partial charge is 0.484 e. The van der Waals surface area contributed by atoms with E-state index in [0.29, 0.717) is 22.1 Å². The molecule has 0 bridgehead atoms. The van der Waals surface area contributed by atoms with Gasteiger partial charge in [-0.05, 0) is 42.5 Å². The first-order chi connectivity index (χ1) is 18.5. The van der Waals surface area contributed by atoms with Gasteiger partial charge in [0, 0.05) is 10.9 Å². The number of hydrogen-bond acceptors (Lipinski definition) is 7. The van der Waals surface area contributed by atoms with Crippen molar-refractivity contribution in [1.82, 2.24) is 4.98 Å². The second kappa shape index (κ2) is 10.3. The van der Waals surface area contributed by atoms with Gasteiger partial charge in [-0.15, -0.1) is 11.3 Å². The molecular formula is C25H14Cl2F3N3O5S. The lowest BCUT2D eigenvalue weighted by Crippen LogP contribution is -2.16. The van der Waals surface area contributed by atoms with Crippen molar-refractivity contribution in [3.63, 3.8) is 0 Å². The Labute approximate surface area is 231 Å². The lowest BCUT2D eigenvalue weighted by Gasteiger charge is -2.10. The Morgan fingerprint density at radius 2 is 1.92 bits per heavy atom. The van der Waals surface area contributed by atoms with Crippen LogP contribution in [0.5, 0.6) is 5.75 Å². The average Bonchev–Trinajstić information content (AvgIpc) is 3.64. The second-order valence-electron chi connectivity index (χ2n) is 7.94.